The molecule has 1 unspecified atom stereocenters. The van der Waals surface area contributed by atoms with E-state index < -0.39 is 5.54 Å². The van der Waals surface area contributed by atoms with Gasteiger partial charge in [-0.1, -0.05) is 19.0 Å². The summed E-state index contributed by atoms with van der Waals surface area (Å²) in [7, 11) is 0. The Balaban J connectivity index is 2.90. The second kappa shape index (κ2) is 6.00. The van der Waals surface area contributed by atoms with Crippen LogP contribution in [-0.2, 0) is 6.42 Å². The van der Waals surface area contributed by atoms with Gasteiger partial charge in [0.1, 0.15) is 11.3 Å². The monoisotopic (exact) mass is 254 g/mol. The molecule has 0 saturated heterocycles. The number of amides is 1. The minimum absolute atomic E-state index is 0.0495. The quantitative estimate of drug-likeness (QED) is 0.812. The molecule has 0 spiro atoms. The van der Waals surface area contributed by atoms with Crippen molar-refractivity contribution in [2.24, 2.45) is 0 Å². The molecule has 1 aromatic rings. The Morgan fingerprint density at radius 1 is 1.50 bits per heavy atom. The molecule has 0 bridgehead atoms. The summed E-state index contributed by atoms with van der Waals surface area (Å²) in [5, 5.41) is 15.9. The summed E-state index contributed by atoms with van der Waals surface area (Å²) in [6.45, 7) is 7.62. The summed E-state index contributed by atoms with van der Waals surface area (Å²) in [5.74, 6) is 0.357. The molecule has 102 valence electrons. The Morgan fingerprint density at radius 2 is 2.17 bits per heavy atom. The van der Waals surface area contributed by atoms with Gasteiger partial charge >= 0.3 is 0 Å². The Kier molecular flexibility index (Phi) is 4.90. The van der Waals surface area contributed by atoms with Crippen molar-refractivity contribution in [3.8, 4) is 0 Å². The van der Waals surface area contributed by atoms with E-state index >= 15 is 0 Å². The van der Waals surface area contributed by atoms with Crippen LogP contribution in [0.4, 0.5) is 0 Å². The van der Waals surface area contributed by atoms with E-state index in [0.29, 0.717) is 29.9 Å². The number of nitrogens with one attached hydrogen (secondary N) is 1. The fraction of sp³-hybridized carbons (Fsp3) is 0.692. The van der Waals surface area contributed by atoms with Crippen LogP contribution in [0.3, 0.4) is 0 Å². The highest BCUT2D eigenvalue weighted by molar-refractivity contribution is 5.96. The van der Waals surface area contributed by atoms with Crippen LogP contribution in [0.1, 0.15) is 55.4 Å². The third-order valence-corrected chi connectivity index (χ3v) is 3.35. The number of nitrogens with zero attached hydrogens (tertiary/aromatic N) is 1. The van der Waals surface area contributed by atoms with Gasteiger partial charge in [0.15, 0.2) is 0 Å². The summed E-state index contributed by atoms with van der Waals surface area (Å²) in [6, 6.07) is 0. The van der Waals surface area contributed by atoms with Gasteiger partial charge in [-0.15, -0.1) is 0 Å². The summed E-state index contributed by atoms with van der Waals surface area (Å²) in [5.41, 5.74) is 0.795. The van der Waals surface area contributed by atoms with Crippen molar-refractivity contribution in [1.82, 2.24) is 10.5 Å². The molecule has 0 fully saturated rings. The van der Waals surface area contributed by atoms with Gasteiger partial charge < -0.3 is 14.9 Å². The molecule has 0 saturated carbocycles. The van der Waals surface area contributed by atoms with Crippen molar-refractivity contribution in [3.63, 3.8) is 0 Å². The van der Waals surface area contributed by atoms with Crippen molar-refractivity contribution >= 4 is 5.91 Å². The molecule has 0 aromatic carbocycles. The Morgan fingerprint density at radius 3 is 2.67 bits per heavy atom. The Hall–Kier alpha value is -1.36. The SMILES string of the molecule is CCc1noc(C)c1C(=O)NC(C)(CC)CCO. The largest absolute Gasteiger partial charge is 0.396 e. The van der Waals surface area contributed by atoms with Crippen molar-refractivity contribution in [1.29, 1.82) is 0 Å². The molecule has 1 amide bonds. The first-order chi connectivity index (χ1) is 8.47. The van der Waals surface area contributed by atoms with Gasteiger partial charge in [-0.05, 0) is 33.1 Å². The third-order valence-electron chi connectivity index (χ3n) is 3.35. The highest BCUT2D eigenvalue weighted by Gasteiger charge is 2.27. The molecular formula is C13H22N2O3. The Bertz CT molecular complexity index is 414. The fourth-order valence-corrected chi connectivity index (χ4v) is 1.86. The van der Waals surface area contributed by atoms with E-state index in [1.165, 1.54) is 0 Å². The van der Waals surface area contributed by atoms with Gasteiger partial charge in [-0.25, -0.2) is 0 Å². The van der Waals surface area contributed by atoms with Crippen LogP contribution < -0.4 is 5.32 Å². The topological polar surface area (TPSA) is 75.4 Å². The predicted molar refractivity (Wildman–Crippen MR) is 68.5 cm³/mol. The predicted octanol–water partition coefficient (Wildman–Crippen LogP) is 1.83. The van der Waals surface area contributed by atoms with E-state index in [0.717, 1.165) is 6.42 Å². The summed E-state index contributed by atoms with van der Waals surface area (Å²) < 4.78 is 5.06. The zero-order valence-electron chi connectivity index (χ0n) is 11.5. The lowest BCUT2D eigenvalue weighted by Gasteiger charge is -2.28. The lowest BCUT2D eigenvalue weighted by atomic mass is 9.94. The van der Waals surface area contributed by atoms with Crippen LogP contribution in [0.15, 0.2) is 4.52 Å². The minimum atomic E-state index is -0.402. The summed E-state index contributed by atoms with van der Waals surface area (Å²) in [6.07, 6.45) is 1.94. The summed E-state index contributed by atoms with van der Waals surface area (Å²) in [4.78, 5) is 12.3. The highest BCUT2D eigenvalue weighted by Crippen LogP contribution is 2.18. The number of aliphatic hydroxyl groups is 1. The van der Waals surface area contributed by atoms with Gasteiger partial charge in [-0.2, -0.15) is 0 Å². The number of carbonyl (C=O) groups excluding carboxylic acids is 1. The molecule has 1 heterocycles. The number of aromatic nitrogens is 1. The van der Waals surface area contributed by atoms with Crippen molar-refractivity contribution in [3.05, 3.63) is 17.0 Å². The van der Waals surface area contributed by atoms with Crippen LogP contribution in [0, 0.1) is 6.92 Å². The number of rotatable bonds is 6. The van der Waals surface area contributed by atoms with Gasteiger partial charge in [0.05, 0.1) is 5.69 Å². The van der Waals surface area contributed by atoms with Crippen LogP contribution in [0.25, 0.3) is 0 Å². The first-order valence-corrected chi connectivity index (χ1v) is 6.36. The first kappa shape index (κ1) is 14.7. The maximum Gasteiger partial charge on any atom is 0.257 e. The van der Waals surface area contributed by atoms with E-state index in [2.05, 4.69) is 10.5 Å². The molecule has 18 heavy (non-hydrogen) atoms. The number of hydrogen-bond acceptors (Lipinski definition) is 4. The van der Waals surface area contributed by atoms with Crippen molar-refractivity contribution in [2.45, 2.75) is 52.5 Å². The van der Waals surface area contributed by atoms with Crippen LogP contribution in [0.2, 0.25) is 0 Å². The van der Waals surface area contributed by atoms with Crippen molar-refractivity contribution < 1.29 is 14.4 Å². The van der Waals surface area contributed by atoms with Gasteiger partial charge in [-0.3, -0.25) is 4.79 Å². The van der Waals surface area contributed by atoms with Crippen LogP contribution >= 0.6 is 0 Å². The maximum absolute atomic E-state index is 12.3. The maximum atomic E-state index is 12.3. The smallest absolute Gasteiger partial charge is 0.257 e. The molecule has 1 aromatic heterocycles. The first-order valence-electron chi connectivity index (χ1n) is 6.36. The number of aryl methyl sites for hydroxylation is 2. The molecule has 1 rings (SSSR count). The zero-order chi connectivity index (χ0) is 13.8. The standard InChI is InChI=1S/C13H22N2O3/c1-5-10-11(9(3)18-15-10)12(17)14-13(4,6-2)7-8-16/h16H,5-8H2,1-4H3,(H,14,17). The molecule has 0 radical (unpaired) electrons. The minimum Gasteiger partial charge on any atom is -0.396 e. The zero-order valence-corrected chi connectivity index (χ0v) is 11.5. The lowest BCUT2D eigenvalue weighted by molar-refractivity contribution is 0.0884. The molecule has 2 N–H and O–H groups in total. The third kappa shape index (κ3) is 3.10. The van der Waals surface area contributed by atoms with E-state index in [4.69, 9.17) is 9.63 Å². The molecular weight excluding hydrogens is 232 g/mol. The average Bonchev–Trinajstić information content (AvgIpc) is 2.70. The van der Waals surface area contributed by atoms with E-state index in [-0.39, 0.29) is 12.5 Å². The van der Waals surface area contributed by atoms with E-state index in [1.54, 1.807) is 6.92 Å². The number of aliphatic hydroxyl groups excluding tert-OH is 1. The normalized spacial score (nSPS) is 14.3. The van der Waals surface area contributed by atoms with Crippen LogP contribution in [-0.4, -0.2) is 28.3 Å². The Labute approximate surface area is 108 Å². The fourth-order valence-electron chi connectivity index (χ4n) is 1.86. The summed E-state index contributed by atoms with van der Waals surface area (Å²) >= 11 is 0. The highest BCUT2D eigenvalue weighted by atomic mass is 16.5. The van der Waals surface area contributed by atoms with E-state index in [1.807, 2.05) is 20.8 Å². The molecule has 0 aliphatic carbocycles. The molecule has 1 atom stereocenters. The molecule has 0 aliphatic heterocycles. The van der Waals surface area contributed by atoms with Gasteiger partial charge in [0.2, 0.25) is 0 Å². The molecule has 5 nitrogen and oxygen atoms in total. The van der Waals surface area contributed by atoms with Crippen molar-refractivity contribution in [2.75, 3.05) is 6.61 Å². The lowest BCUT2D eigenvalue weighted by Crippen LogP contribution is -2.46. The molecule has 5 heteroatoms. The van der Waals surface area contributed by atoms with E-state index in [9.17, 15) is 4.79 Å². The second-order valence-electron chi connectivity index (χ2n) is 4.76. The number of hydrogen-bond donors (Lipinski definition) is 2. The molecule has 0 aliphatic rings. The average molecular weight is 254 g/mol. The van der Waals surface area contributed by atoms with Crippen LogP contribution in [0.5, 0.6) is 0 Å². The number of carbonyl (C=O) groups is 1. The van der Waals surface area contributed by atoms with Gasteiger partial charge in [0, 0.05) is 12.1 Å². The second-order valence-corrected chi connectivity index (χ2v) is 4.76. The van der Waals surface area contributed by atoms with Gasteiger partial charge in [0.25, 0.3) is 5.91 Å².